The molecule has 0 fully saturated rings. The Morgan fingerprint density at radius 1 is 1.16 bits per heavy atom. The van der Waals surface area contributed by atoms with E-state index in [2.05, 4.69) is 10.0 Å². The van der Waals surface area contributed by atoms with E-state index >= 15 is 0 Å². The van der Waals surface area contributed by atoms with Crippen LogP contribution in [-0.4, -0.2) is 14.3 Å². The largest absolute Gasteiger partial charge is 0.468 e. The molecular formula is C23H21ClN2O4S. The maximum absolute atomic E-state index is 12.4. The van der Waals surface area contributed by atoms with Gasteiger partial charge in [0.15, 0.2) is 0 Å². The molecule has 0 aliphatic heterocycles. The van der Waals surface area contributed by atoms with Gasteiger partial charge in [-0.3, -0.25) is 4.79 Å². The van der Waals surface area contributed by atoms with Gasteiger partial charge in [-0.05, 0) is 72.0 Å². The van der Waals surface area contributed by atoms with E-state index < -0.39 is 10.0 Å². The van der Waals surface area contributed by atoms with Crippen molar-refractivity contribution in [2.24, 2.45) is 0 Å². The SMILES string of the molecule is O=C(/C=C/c1ccc(S(=O)(=O)NCc2ccco2)cc1)NC1CCc2cc(Cl)ccc21. The number of halogens is 1. The highest BCUT2D eigenvalue weighted by Crippen LogP contribution is 2.32. The highest BCUT2D eigenvalue weighted by atomic mass is 35.5. The number of hydrogen-bond donors (Lipinski definition) is 2. The molecule has 1 heterocycles. The summed E-state index contributed by atoms with van der Waals surface area (Å²) in [6, 6.07) is 15.4. The number of carbonyl (C=O) groups excluding carboxylic acids is 1. The number of rotatable bonds is 7. The van der Waals surface area contributed by atoms with Gasteiger partial charge >= 0.3 is 0 Å². The van der Waals surface area contributed by atoms with Gasteiger partial charge in [-0.1, -0.05) is 29.8 Å². The van der Waals surface area contributed by atoms with Gasteiger partial charge in [0.25, 0.3) is 0 Å². The van der Waals surface area contributed by atoms with Crippen molar-refractivity contribution in [3.8, 4) is 0 Å². The van der Waals surface area contributed by atoms with Crippen LogP contribution in [0.5, 0.6) is 0 Å². The maximum atomic E-state index is 12.4. The van der Waals surface area contributed by atoms with Crippen molar-refractivity contribution in [1.29, 1.82) is 0 Å². The fourth-order valence-electron chi connectivity index (χ4n) is 3.55. The zero-order valence-electron chi connectivity index (χ0n) is 16.5. The van der Waals surface area contributed by atoms with Crippen molar-refractivity contribution in [3.63, 3.8) is 0 Å². The normalized spacial score (nSPS) is 15.8. The quantitative estimate of drug-likeness (QED) is 0.521. The molecular weight excluding hydrogens is 436 g/mol. The van der Waals surface area contributed by atoms with E-state index in [-0.39, 0.29) is 23.4 Å². The number of carbonyl (C=O) groups is 1. The fraction of sp³-hybridized carbons (Fsp3) is 0.174. The van der Waals surface area contributed by atoms with Crippen molar-refractivity contribution in [2.75, 3.05) is 0 Å². The molecule has 0 saturated carbocycles. The lowest BCUT2D eigenvalue weighted by Crippen LogP contribution is -2.25. The van der Waals surface area contributed by atoms with Gasteiger partial charge in [-0.25, -0.2) is 13.1 Å². The van der Waals surface area contributed by atoms with Crippen LogP contribution in [0.4, 0.5) is 0 Å². The summed E-state index contributed by atoms with van der Waals surface area (Å²) >= 11 is 6.03. The molecule has 1 aliphatic rings. The van der Waals surface area contributed by atoms with Gasteiger partial charge in [-0.15, -0.1) is 0 Å². The van der Waals surface area contributed by atoms with Crippen LogP contribution in [0.2, 0.25) is 5.02 Å². The minimum atomic E-state index is -3.65. The first kappa shape index (κ1) is 21.4. The number of sulfonamides is 1. The van der Waals surface area contributed by atoms with Crippen LogP contribution in [0.25, 0.3) is 6.08 Å². The van der Waals surface area contributed by atoms with Crippen molar-refractivity contribution < 1.29 is 17.6 Å². The summed E-state index contributed by atoms with van der Waals surface area (Å²) in [6.45, 7) is 0.0770. The van der Waals surface area contributed by atoms with Gasteiger partial charge in [-0.2, -0.15) is 0 Å². The van der Waals surface area contributed by atoms with Crippen LogP contribution in [-0.2, 0) is 27.8 Å². The molecule has 4 rings (SSSR count). The highest BCUT2D eigenvalue weighted by molar-refractivity contribution is 7.89. The Hall–Kier alpha value is -2.87. The molecule has 160 valence electrons. The molecule has 1 unspecified atom stereocenters. The Labute approximate surface area is 186 Å². The molecule has 1 aliphatic carbocycles. The Morgan fingerprint density at radius 3 is 2.71 bits per heavy atom. The smallest absolute Gasteiger partial charge is 0.244 e. The van der Waals surface area contributed by atoms with E-state index in [1.807, 2.05) is 18.2 Å². The average Bonchev–Trinajstić information content (AvgIpc) is 3.41. The van der Waals surface area contributed by atoms with E-state index in [0.29, 0.717) is 10.8 Å². The van der Waals surface area contributed by atoms with Crippen LogP contribution in [0.15, 0.2) is 76.2 Å². The second-order valence-electron chi connectivity index (χ2n) is 7.25. The van der Waals surface area contributed by atoms with Crippen molar-refractivity contribution in [1.82, 2.24) is 10.0 Å². The number of amides is 1. The molecule has 2 N–H and O–H groups in total. The Bertz CT molecular complexity index is 1200. The third-order valence-electron chi connectivity index (χ3n) is 5.13. The molecule has 1 aromatic heterocycles. The lowest BCUT2D eigenvalue weighted by molar-refractivity contribution is -0.117. The summed E-state index contributed by atoms with van der Waals surface area (Å²) in [5, 5.41) is 3.71. The summed E-state index contributed by atoms with van der Waals surface area (Å²) in [7, 11) is -3.65. The molecule has 1 atom stereocenters. The number of fused-ring (bicyclic) bond motifs is 1. The average molecular weight is 457 g/mol. The van der Waals surface area contributed by atoms with Gasteiger partial charge in [0, 0.05) is 11.1 Å². The third-order valence-corrected chi connectivity index (χ3v) is 6.79. The first-order valence-electron chi connectivity index (χ1n) is 9.80. The highest BCUT2D eigenvalue weighted by Gasteiger charge is 2.23. The molecule has 6 nitrogen and oxygen atoms in total. The molecule has 31 heavy (non-hydrogen) atoms. The lowest BCUT2D eigenvalue weighted by Gasteiger charge is -2.12. The van der Waals surface area contributed by atoms with Crippen LogP contribution in [0, 0.1) is 0 Å². The van der Waals surface area contributed by atoms with Gasteiger partial charge < -0.3 is 9.73 Å². The Morgan fingerprint density at radius 2 is 1.97 bits per heavy atom. The summed E-state index contributed by atoms with van der Waals surface area (Å²) in [4.78, 5) is 12.5. The molecule has 0 spiro atoms. The van der Waals surface area contributed by atoms with Gasteiger partial charge in [0.2, 0.25) is 15.9 Å². The number of benzene rings is 2. The van der Waals surface area contributed by atoms with E-state index in [9.17, 15) is 13.2 Å². The molecule has 3 aromatic rings. The minimum absolute atomic E-state index is 0.0304. The Balaban J connectivity index is 1.35. The topological polar surface area (TPSA) is 88.4 Å². The number of furan rings is 1. The predicted molar refractivity (Wildman–Crippen MR) is 119 cm³/mol. The molecule has 0 bridgehead atoms. The summed E-state index contributed by atoms with van der Waals surface area (Å²) in [5.41, 5.74) is 2.99. The number of aryl methyl sites for hydroxylation is 1. The second-order valence-corrected chi connectivity index (χ2v) is 9.45. The summed E-state index contributed by atoms with van der Waals surface area (Å²) in [6.07, 6.45) is 6.32. The molecule has 8 heteroatoms. The minimum Gasteiger partial charge on any atom is -0.468 e. The lowest BCUT2D eigenvalue weighted by atomic mass is 10.1. The van der Waals surface area contributed by atoms with Crippen LogP contribution < -0.4 is 10.0 Å². The fourth-order valence-corrected chi connectivity index (χ4v) is 4.74. The van der Waals surface area contributed by atoms with E-state index in [0.717, 1.165) is 24.0 Å². The zero-order valence-corrected chi connectivity index (χ0v) is 18.1. The summed E-state index contributed by atoms with van der Waals surface area (Å²) in [5.74, 6) is 0.326. The first-order valence-corrected chi connectivity index (χ1v) is 11.7. The Kier molecular flexibility index (Phi) is 6.27. The monoisotopic (exact) mass is 456 g/mol. The molecule has 2 aromatic carbocycles. The van der Waals surface area contributed by atoms with Gasteiger partial charge in [0.1, 0.15) is 5.76 Å². The van der Waals surface area contributed by atoms with Crippen LogP contribution in [0.1, 0.15) is 34.9 Å². The molecule has 0 saturated heterocycles. The van der Waals surface area contributed by atoms with E-state index in [4.69, 9.17) is 16.0 Å². The van der Waals surface area contributed by atoms with Crippen LogP contribution in [0.3, 0.4) is 0 Å². The van der Waals surface area contributed by atoms with Gasteiger partial charge in [0.05, 0.1) is 23.7 Å². The van der Waals surface area contributed by atoms with E-state index in [1.165, 1.54) is 30.0 Å². The third kappa shape index (κ3) is 5.25. The number of hydrogen-bond acceptors (Lipinski definition) is 4. The second kappa shape index (κ2) is 9.09. The first-order chi connectivity index (χ1) is 14.9. The predicted octanol–water partition coefficient (Wildman–Crippen LogP) is 4.23. The van der Waals surface area contributed by atoms with Crippen LogP contribution >= 0.6 is 11.6 Å². The van der Waals surface area contributed by atoms with Crippen molar-refractivity contribution >= 4 is 33.6 Å². The van der Waals surface area contributed by atoms with E-state index in [1.54, 1.807) is 30.3 Å². The zero-order chi connectivity index (χ0) is 21.8. The number of nitrogens with one attached hydrogen (secondary N) is 2. The van der Waals surface area contributed by atoms with Crippen molar-refractivity contribution in [2.45, 2.75) is 30.3 Å². The summed E-state index contributed by atoms with van der Waals surface area (Å²) < 4.78 is 32.4. The standard InChI is InChI=1S/C23H21ClN2O4S/c24-18-7-10-21-17(14-18)6-11-22(21)26-23(27)12-5-16-3-8-20(9-4-16)31(28,29)25-15-19-2-1-13-30-19/h1-5,7-10,12-14,22,25H,6,11,15H2,(H,26,27)/b12-5+. The molecule has 1 amide bonds. The molecule has 0 radical (unpaired) electrons. The maximum Gasteiger partial charge on any atom is 0.244 e. The van der Waals surface area contributed by atoms with Crippen molar-refractivity contribution in [3.05, 3.63) is 94.4 Å².